The molecule has 112 valence electrons. The molecule has 0 amide bonds. The Labute approximate surface area is 119 Å². The molecule has 0 aromatic carbocycles. The van der Waals surface area contributed by atoms with E-state index in [0.29, 0.717) is 11.5 Å². The third kappa shape index (κ3) is 3.71. The second-order valence-corrected chi connectivity index (χ2v) is 7.64. The molecule has 0 radical (unpaired) electrons. The van der Waals surface area contributed by atoms with Gasteiger partial charge in [0.15, 0.2) is 0 Å². The van der Waals surface area contributed by atoms with Crippen LogP contribution in [0.5, 0.6) is 0 Å². The molecule has 2 bridgehead atoms. The maximum atomic E-state index is 3.50. The van der Waals surface area contributed by atoms with E-state index in [2.05, 4.69) is 50.0 Å². The standard InChI is InChI=1S/C16H33N3/c1-16(2,3)15(17-4)9-11-19-10-8-13-6-7-14(12-19)18(13)5/h13-15,17H,6-12H2,1-5H3. The third-order valence-corrected chi connectivity index (χ3v) is 5.36. The first-order chi connectivity index (χ1) is 8.91. The van der Waals surface area contributed by atoms with Crippen molar-refractivity contribution in [3.8, 4) is 0 Å². The summed E-state index contributed by atoms with van der Waals surface area (Å²) in [5, 5.41) is 3.50. The van der Waals surface area contributed by atoms with Gasteiger partial charge in [-0.25, -0.2) is 0 Å². The summed E-state index contributed by atoms with van der Waals surface area (Å²) in [5.41, 5.74) is 0.358. The van der Waals surface area contributed by atoms with Gasteiger partial charge >= 0.3 is 0 Å². The molecule has 2 rings (SSSR count). The number of likely N-dealkylation sites (N-methyl/N-ethyl adjacent to an activating group) is 1. The summed E-state index contributed by atoms with van der Waals surface area (Å²) in [5.74, 6) is 0. The maximum absolute atomic E-state index is 3.50. The fraction of sp³-hybridized carbons (Fsp3) is 1.00. The Kier molecular flexibility index (Phi) is 4.91. The van der Waals surface area contributed by atoms with Crippen LogP contribution in [0.1, 0.15) is 46.5 Å². The number of likely N-dealkylation sites (tertiary alicyclic amines) is 1. The topological polar surface area (TPSA) is 18.5 Å². The van der Waals surface area contributed by atoms with Crippen molar-refractivity contribution in [2.24, 2.45) is 5.41 Å². The quantitative estimate of drug-likeness (QED) is 0.842. The van der Waals surface area contributed by atoms with Crippen molar-refractivity contribution in [2.75, 3.05) is 33.7 Å². The highest BCUT2D eigenvalue weighted by atomic mass is 15.3. The van der Waals surface area contributed by atoms with Crippen molar-refractivity contribution in [3.05, 3.63) is 0 Å². The minimum Gasteiger partial charge on any atom is -0.316 e. The Hall–Kier alpha value is -0.120. The lowest BCUT2D eigenvalue weighted by Gasteiger charge is -2.33. The van der Waals surface area contributed by atoms with Crippen LogP contribution < -0.4 is 5.32 Å². The summed E-state index contributed by atoms with van der Waals surface area (Å²) in [6.45, 7) is 10.9. The van der Waals surface area contributed by atoms with Crippen molar-refractivity contribution >= 4 is 0 Å². The van der Waals surface area contributed by atoms with E-state index in [4.69, 9.17) is 0 Å². The SMILES string of the molecule is CNC(CCN1CCC2CCC(C1)N2C)C(C)(C)C. The average molecular weight is 267 g/mol. The number of nitrogens with one attached hydrogen (secondary N) is 1. The van der Waals surface area contributed by atoms with E-state index in [-0.39, 0.29) is 0 Å². The van der Waals surface area contributed by atoms with E-state index in [1.54, 1.807) is 0 Å². The Morgan fingerprint density at radius 3 is 2.47 bits per heavy atom. The van der Waals surface area contributed by atoms with Gasteiger partial charge in [0.2, 0.25) is 0 Å². The van der Waals surface area contributed by atoms with Crippen LogP contribution in [0.4, 0.5) is 0 Å². The van der Waals surface area contributed by atoms with Crippen molar-refractivity contribution in [1.29, 1.82) is 0 Å². The van der Waals surface area contributed by atoms with Gasteiger partial charge in [-0.05, 0) is 58.3 Å². The highest BCUT2D eigenvalue weighted by Crippen LogP contribution is 2.29. The molecule has 1 N–H and O–H groups in total. The van der Waals surface area contributed by atoms with E-state index in [1.807, 2.05) is 0 Å². The van der Waals surface area contributed by atoms with Gasteiger partial charge < -0.3 is 10.2 Å². The van der Waals surface area contributed by atoms with E-state index in [0.717, 1.165) is 12.1 Å². The summed E-state index contributed by atoms with van der Waals surface area (Å²) >= 11 is 0. The molecule has 2 heterocycles. The van der Waals surface area contributed by atoms with Crippen molar-refractivity contribution in [2.45, 2.75) is 64.6 Å². The zero-order valence-electron chi connectivity index (χ0n) is 13.6. The first-order valence-electron chi connectivity index (χ1n) is 8.03. The van der Waals surface area contributed by atoms with Gasteiger partial charge in [0, 0.05) is 24.7 Å². The Morgan fingerprint density at radius 1 is 1.16 bits per heavy atom. The van der Waals surface area contributed by atoms with Crippen LogP contribution in [-0.4, -0.2) is 61.7 Å². The first kappa shape index (κ1) is 15.3. The molecule has 19 heavy (non-hydrogen) atoms. The van der Waals surface area contributed by atoms with E-state index in [9.17, 15) is 0 Å². The lowest BCUT2D eigenvalue weighted by molar-refractivity contribution is 0.191. The number of fused-ring (bicyclic) bond motifs is 2. The highest BCUT2D eigenvalue weighted by Gasteiger charge is 2.34. The Balaban J connectivity index is 1.83. The Bertz CT molecular complexity index is 284. The van der Waals surface area contributed by atoms with Gasteiger partial charge in [-0.15, -0.1) is 0 Å². The van der Waals surface area contributed by atoms with E-state index < -0.39 is 0 Å². The van der Waals surface area contributed by atoms with Gasteiger partial charge in [0.1, 0.15) is 0 Å². The van der Waals surface area contributed by atoms with Crippen LogP contribution in [0.3, 0.4) is 0 Å². The van der Waals surface area contributed by atoms with Crippen LogP contribution >= 0.6 is 0 Å². The normalized spacial score (nSPS) is 31.4. The van der Waals surface area contributed by atoms with Crippen molar-refractivity contribution in [1.82, 2.24) is 15.1 Å². The van der Waals surface area contributed by atoms with Gasteiger partial charge in [-0.2, -0.15) is 0 Å². The molecule has 3 nitrogen and oxygen atoms in total. The molecule has 2 aliphatic heterocycles. The van der Waals surface area contributed by atoms with Gasteiger partial charge in [-0.3, -0.25) is 4.90 Å². The molecule has 3 atom stereocenters. The fourth-order valence-electron chi connectivity index (χ4n) is 3.90. The van der Waals surface area contributed by atoms with Crippen molar-refractivity contribution in [3.63, 3.8) is 0 Å². The van der Waals surface area contributed by atoms with Crippen LogP contribution in [0.2, 0.25) is 0 Å². The molecule has 0 aliphatic carbocycles. The van der Waals surface area contributed by atoms with E-state index in [1.165, 1.54) is 45.3 Å². The summed E-state index contributed by atoms with van der Waals surface area (Å²) in [6.07, 6.45) is 5.47. The average Bonchev–Trinajstić information content (AvgIpc) is 2.55. The molecule has 0 spiro atoms. The molecule has 2 aliphatic rings. The highest BCUT2D eigenvalue weighted by molar-refractivity contribution is 4.91. The molecule has 2 fully saturated rings. The summed E-state index contributed by atoms with van der Waals surface area (Å²) in [4.78, 5) is 5.34. The molecule has 0 aromatic heterocycles. The zero-order chi connectivity index (χ0) is 14.0. The molecule has 0 aromatic rings. The second kappa shape index (κ2) is 6.11. The van der Waals surface area contributed by atoms with Crippen LogP contribution in [0.25, 0.3) is 0 Å². The van der Waals surface area contributed by atoms with Gasteiger partial charge in [-0.1, -0.05) is 20.8 Å². The number of hydrogen-bond donors (Lipinski definition) is 1. The lowest BCUT2D eigenvalue weighted by Crippen LogP contribution is -2.42. The third-order valence-electron chi connectivity index (χ3n) is 5.36. The summed E-state index contributed by atoms with van der Waals surface area (Å²) in [6, 6.07) is 2.29. The second-order valence-electron chi connectivity index (χ2n) is 7.64. The predicted octanol–water partition coefficient (Wildman–Crippen LogP) is 2.18. The molecule has 2 saturated heterocycles. The molecule has 3 heteroatoms. The smallest absolute Gasteiger partial charge is 0.0223 e. The fourth-order valence-corrected chi connectivity index (χ4v) is 3.90. The van der Waals surface area contributed by atoms with Crippen LogP contribution in [-0.2, 0) is 0 Å². The molecule has 3 unspecified atom stereocenters. The predicted molar refractivity (Wildman–Crippen MR) is 82.5 cm³/mol. The van der Waals surface area contributed by atoms with Gasteiger partial charge in [0.25, 0.3) is 0 Å². The lowest BCUT2D eigenvalue weighted by atomic mass is 9.85. The minimum absolute atomic E-state index is 0.358. The number of nitrogens with zero attached hydrogens (tertiary/aromatic N) is 2. The first-order valence-corrected chi connectivity index (χ1v) is 8.03. The number of rotatable bonds is 4. The monoisotopic (exact) mass is 267 g/mol. The summed E-state index contributed by atoms with van der Waals surface area (Å²) < 4.78 is 0. The molecular formula is C16H33N3. The maximum Gasteiger partial charge on any atom is 0.0223 e. The Morgan fingerprint density at radius 2 is 1.84 bits per heavy atom. The number of hydrogen-bond acceptors (Lipinski definition) is 3. The zero-order valence-corrected chi connectivity index (χ0v) is 13.6. The molecular weight excluding hydrogens is 234 g/mol. The van der Waals surface area contributed by atoms with Crippen LogP contribution in [0, 0.1) is 5.41 Å². The minimum atomic E-state index is 0.358. The van der Waals surface area contributed by atoms with Crippen molar-refractivity contribution < 1.29 is 0 Å². The molecule has 0 saturated carbocycles. The van der Waals surface area contributed by atoms with Gasteiger partial charge in [0.05, 0.1) is 0 Å². The van der Waals surface area contributed by atoms with Crippen LogP contribution in [0.15, 0.2) is 0 Å². The largest absolute Gasteiger partial charge is 0.316 e. The van der Waals surface area contributed by atoms with E-state index >= 15 is 0 Å². The summed E-state index contributed by atoms with van der Waals surface area (Å²) in [7, 11) is 4.44.